The van der Waals surface area contributed by atoms with Crippen LogP contribution in [-0.4, -0.2) is 45.6 Å². The van der Waals surface area contributed by atoms with E-state index >= 15 is 0 Å². The molecule has 2 aromatic rings. The second-order valence-corrected chi connectivity index (χ2v) is 5.51. The van der Waals surface area contributed by atoms with Gasteiger partial charge in [-0.25, -0.2) is 4.79 Å². The van der Waals surface area contributed by atoms with E-state index in [1.54, 1.807) is 4.68 Å². The molecule has 2 N–H and O–H groups in total. The van der Waals surface area contributed by atoms with Gasteiger partial charge in [0.25, 0.3) is 5.91 Å². The predicted molar refractivity (Wildman–Crippen MR) is 82.4 cm³/mol. The minimum Gasteiger partial charge on any atom is -0.349 e. The summed E-state index contributed by atoms with van der Waals surface area (Å²) >= 11 is 0. The van der Waals surface area contributed by atoms with E-state index in [0.717, 1.165) is 27.1 Å². The molecular weight excluding hydrogens is 298 g/mol. The van der Waals surface area contributed by atoms with Crippen LogP contribution in [0.5, 0.6) is 0 Å². The summed E-state index contributed by atoms with van der Waals surface area (Å²) in [6.07, 6.45) is 0. The van der Waals surface area contributed by atoms with Crippen molar-refractivity contribution in [1.29, 1.82) is 0 Å². The van der Waals surface area contributed by atoms with Crippen LogP contribution in [0.2, 0.25) is 0 Å². The summed E-state index contributed by atoms with van der Waals surface area (Å²) in [5.41, 5.74) is 2.84. The van der Waals surface area contributed by atoms with E-state index in [4.69, 9.17) is 0 Å². The number of aromatic nitrogens is 2. The summed E-state index contributed by atoms with van der Waals surface area (Å²) in [4.78, 5) is 35.7. The van der Waals surface area contributed by atoms with Crippen molar-refractivity contribution in [2.45, 2.75) is 13.5 Å². The molecule has 3 rings (SSSR count). The standard InChI is InChI=1S/C15H17N5O3/c1-9-3-4-12-10(5-9)11(18-19(12)2)6-16-13(21)8-20-14(22)7-17-15(20)23/h3-5H,6-8H2,1-2H3,(H,16,21)(H,17,23). The minimum atomic E-state index is -0.538. The monoisotopic (exact) mass is 315 g/mol. The van der Waals surface area contributed by atoms with Gasteiger partial charge in [-0.15, -0.1) is 0 Å². The van der Waals surface area contributed by atoms with E-state index in [1.165, 1.54) is 0 Å². The van der Waals surface area contributed by atoms with Crippen LogP contribution >= 0.6 is 0 Å². The molecule has 120 valence electrons. The molecule has 1 aliphatic rings. The number of hydrogen-bond donors (Lipinski definition) is 2. The highest BCUT2D eigenvalue weighted by Crippen LogP contribution is 2.19. The summed E-state index contributed by atoms with van der Waals surface area (Å²) in [6.45, 7) is 1.89. The first kappa shape index (κ1) is 15.0. The molecule has 0 spiro atoms. The number of fused-ring (bicyclic) bond motifs is 1. The average molecular weight is 315 g/mol. The van der Waals surface area contributed by atoms with Crippen LogP contribution in [0.25, 0.3) is 10.9 Å². The van der Waals surface area contributed by atoms with E-state index < -0.39 is 17.8 Å². The van der Waals surface area contributed by atoms with Gasteiger partial charge in [-0.2, -0.15) is 5.10 Å². The summed E-state index contributed by atoms with van der Waals surface area (Å²) in [5, 5.41) is 10.5. The molecule has 8 heteroatoms. The number of nitrogens with zero attached hydrogens (tertiary/aromatic N) is 3. The third-order valence-corrected chi connectivity index (χ3v) is 3.77. The third kappa shape index (κ3) is 2.87. The maximum absolute atomic E-state index is 12.0. The molecule has 8 nitrogen and oxygen atoms in total. The molecule has 0 unspecified atom stereocenters. The highest BCUT2D eigenvalue weighted by molar-refractivity contribution is 6.04. The number of nitrogens with one attached hydrogen (secondary N) is 2. The van der Waals surface area contributed by atoms with Gasteiger partial charge in [0, 0.05) is 12.4 Å². The van der Waals surface area contributed by atoms with Crippen molar-refractivity contribution in [2.75, 3.05) is 13.1 Å². The lowest BCUT2D eigenvalue weighted by molar-refractivity contribution is -0.130. The van der Waals surface area contributed by atoms with Gasteiger partial charge in [-0.3, -0.25) is 19.2 Å². The second kappa shape index (κ2) is 5.71. The molecule has 0 atom stereocenters. The highest BCUT2D eigenvalue weighted by Gasteiger charge is 2.30. The molecule has 4 amide bonds. The van der Waals surface area contributed by atoms with E-state index in [1.807, 2.05) is 32.2 Å². The van der Waals surface area contributed by atoms with Gasteiger partial charge in [-0.05, 0) is 19.1 Å². The van der Waals surface area contributed by atoms with E-state index in [-0.39, 0.29) is 19.6 Å². The third-order valence-electron chi connectivity index (χ3n) is 3.77. The summed E-state index contributed by atoms with van der Waals surface area (Å²) in [5.74, 6) is -0.800. The van der Waals surface area contributed by atoms with Crippen LogP contribution in [0.1, 0.15) is 11.3 Å². The fourth-order valence-corrected chi connectivity index (χ4v) is 2.58. The first-order valence-corrected chi connectivity index (χ1v) is 7.23. The van der Waals surface area contributed by atoms with Gasteiger partial charge in [-0.1, -0.05) is 11.6 Å². The van der Waals surface area contributed by atoms with Gasteiger partial charge >= 0.3 is 6.03 Å². The van der Waals surface area contributed by atoms with Gasteiger partial charge in [0.05, 0.1) is 24.3 Å². The van der Waals surface area contributed by atoms with Gasteiger partial charge in [0.2, 0.25) is 5.91 Å². The number of rotatable bonds is 4. The average Bonchev–Trinajstić information content (AvgIpc) is 2.99. The molecule has 0 saturated carbocycles. The van der Waals surface area contributed by atoms with Crippen LogP contribution in [0, 0.1) is 6.92 Å². The Morgan fingerprint density at radius 3 is 2.87 bits per heavy atom. The smallest absolute Gasteiger partial charge is 0.325 e. The normalized spacial score (nSPS) is 14.4. The van der Waals surface area contributed by atoms with Crippen LogP contribution in [0.3, 0.4) is 0 Å². The van der Waals surface area contributed by atoms with Gasteiger partial charge in [0.1, 0.15) is 6.54 Å². The molecule has 1 aromatic carbocycles. The number of carbonyl (C=O) groups excluding carboxylic acids is 3. The van der Waals surface area contributed by atoms with Crippen molar-refractivity contribution in [2.24, 2.45) is 7.05 Å². The van der Waals surface area contributed by atoms with Gasteiger partial charge < -0.3 is 10.6 Å². The molecule has 23 heavy (non-hydrogen) atoms. The molecule has 1 fully saturated rings. The Morgan fingerprint density at radius 2 is 2.17 bits per heavy atom. The molecular formula is C15H17N5O3. The fourth-order valence-electron chi connectivity index (χ4n) is 2.58. The Kier molecular flexibility index (Phi) is 3.73. The quantitative estimate of drug-likeness (QED) is 0.779. The van der Waals surface area contributed by atoms with E-state index in [0.29, 0.717) is 0 Å². The molecule has 1 aliphatic heterocycles. The Bertz CT molecular complexity index is 795. The molecule has 0 radical (unpaired) electrons. The fraction of sp³-hybridized carbons (Fsp3) is 0.333. The van der Waals surface area contributed by atoms with Crippen LogP contribution < -0.4 is 10.6 Å². The molecule has 1 aromatic heterocycles. The number of carbonyl (C=O) groups is 3. The number of aryl methyl sites for hydroxylation is 2. The number of urea groups is 1. The minimum absolute atomic E-state index is 0.0593. The van der Waals surface area contributed by atoms with Crippen LogP contribution in [0.4, 0.5) is 4.79 Å². The van der Waals surface area contributed by atoms with Gasteiger partial charge in [0.15, 0.2) is 0 Å². The predicted octanol–water partition coefficient (Wildman–Crippen LogP) is 0.0497. The first-order chi connectivity index (χ1) is 11.0. The number of imide groups is 1. The zero-order chi connectivity index (χ0) is 16.6. The second-order valence-electron chi connectivity index (χ2n) is 5.51. The lowest BCUT2D eigenvalue weighted by atomic mass is 10.1. The van der Waals surface area contributed by atoms with Crippen molar-refractivity contribution in [3.05, 3.63) is 29.5 Å². The lowest BCUT2D eigenvalue weighted by Gasteiger charge is -2.11. The maximum atomic E-state index is 12.0. The maximum Gasteiger partial charge on any atom is 0.325 e. The molecule has 0 aliphatic carbocycles. The Balaban J connectivity index is 1.69. The first-order valence-electron chi connectivity index (χ1n) is 7.23. The zero-order valence-corrected chi connectivity index (χ0v) is 12.9. The zero-order valence-electron chi connectivity index (χ0n) is 12.9. The van der Waals surface area contributed by atoms with E-state index in [2.05, 4.69) is 15.7 Å². The highest BCUT2D eigenvalue weighted by atomic mass is 16.2. The lowest BCUT2D eigenvalue weighted by Crippen LogP contribution is -2.40. The number of amides is 4. The SMILES string of the molecule is Cc1ccc2c(c1)c(CNC(=O)CN1C(=O)CNC1=O)nn2C. The Hall–Kier alpha value is -2.90. The summed E-state index contributed by atoms with van der Waals surface area (Å²) in [6, 6.07) is 5.46. The Labute approximate surface area is 132 Å². The van der Waals surface area contributed by atoms with E-state index in [9.17, 15) is 14.4 Å². The summed E-state index contributed by atoms with van der Waals surface area (Å²) < 4.78 is 1.76. The van der Waals surface area contributed by atoms with Crippen molar-refractivity contribution in [3.8, 4) is 0 Å². The largest absolute Gasteiger partial charge is 0.349 e. The molecule has 2 heterocycles. The van der Waals surface area contributed by atoms with Crippen molar-refractivity contribution in [3.63, 3.8) is 0 Å². The Morgan fingerprint density at radius 1 is 1.39 bits per heavy atom. The molecule has 1 saturated heterocycles. The molecule has 0 bridgehead atoms. The van der Waals surface area contributed by atoms with Crippen LogP contribution in [-0.2, 0) is 23.2 Å². The van der Waals surface area contributed by atoms with Crippen LogP contribution in [0.15, 0.2) is 18.2 Å². The van der Waals surface area contributed by atoms with Crippen molar-refractivity contribution < 1.29 is 14.4 Å². The number of benzene rings is 1. The number of hydrogen-bond acceptors (Lipinski definition) is 4. The van der Waals surface area contributed by atoms with Crippen molar-refractivity contribution in [1.82, 2.24) is 25.3 Å². The van der Waals surface area contributed by atoms with Crippen molar-refractivity contribution >= 4 is 28.7 Å². The summed E-state index contributed by atoms with van der Waals surface area (Å²) in [7, 11) is 1.84. The topological polar surface area (TPSA) is 96.3 Å².